The molecular formula is C21H28N4O3. The summed E-state index contributed by atoms with van der Waals surface area (Å²) in [4.78, 5) is 28.9. The molecule has 1 saturated heterocycles. The molecule has 0 unspecified atom stereocenters. The van der Waals surface area contributed by atoms with E-state index in [1.165, 1.54) is 4.57 Å². The van der Waals surface area contributed by atoms with Crippen LogP contribution in [0.5, 0.6) is 5.75 Å². The van der Waals surface area contributed by atoms with Gasteiger partial charge in [0.2, 0.25) is 0 Å². The number of hydrogen-bond donors (Lipinski definition) is 1. The Morgan fingerprint density at radius 3 is 2.61 bits per heavy atom. The van der Waals surface area contributed by atoms with E-state index < -0.39 is 0 Å². The van der Waals surface area contributed by atoms with Gasteiger partial charge >= 0.3 is 0 Å². The molecule has 0 bridgehead atoms. The smallest absolute Gasteiger partial charge is 0.263 e. The van der Waals surface area contributed by atoms with Crippen LogP contribution in [-0.2, 0) is 7.05 Å². The van der Waals surface area contributed by atoms with Crippen LogP contribution in [-0.4, -0.2) is 61.8 Å². The number of rotatable bonds is 7. The lowest BCUT2D eigenvalue weighted by atomic mass is 10.2. The molecule has 1 aromatic carbocycles. The first-order chi connectivity index (χ1) is 13.6. The summed E-state index contributed by atoms with van der Waals surface area (Å²) in [5.74, 6) is 0.605. The van der Waals surface area contributed by atoms with Gasteiger partial charge < -0.3 is 19.5 Å². The highest BCUT2D eigenvalue weighted by Gasteiger charge is 2.19. The maximum atomic E-state index is 12.2. The number of hydrogen-bond acceptors (Lipinski definition) is 5. The van der Waals surface area contributed by atoms with Gasteiger partial charge in [-0.1, -0.05) is 12.1 Å². The number of nitrogens with zero attached hydrogens (tertiary/aromatic N) is 3. The largest absolute Gasteiger partial charge is 0.495 e. The fraction of sp³-hybridized carbons (Fsp3) is 0.429. The molecule has 7 heteroatoms. The maximum Gasteiger partial charge on any atom is 0.263 e. The Bertz CT molecular complexity index is 857. The average Bonchev–Trinajstić information content (AvgIpc) is 2.73. The molecule has 1 amide bonds. The SMILES string of the molecule is COc1ccccc1N1CCN(CCCNC(=O)c2cccn(C)c2=O)CC1. The van der Waals surface area contributed by atoms with E-state index in [2.05, 4.69) is 21.2 Å². The lowest BCUT2D eigenvalue weighted by Gasteiger charge is -2.36. The van der Waals surface area contributed by atoms with Crippen molar-refractivity contribution in [3.8, 4) is 5.75 Å². The van der Waals surface area contributed by atoms with Gasteiger partial charge in [0, 0.05) is 46.0 Å². The topological polar surface area (TPSA) is 66.8 Å². The van der Waals surface area contributed by atoms with E-state index >= 15 is 0 Å². The second-order valence-corrected chi connectivity index (χ2v) is 6.95. The number of nitrogens with one attached hydrogen (secondary N) is 1. The summed E-state index contributed by atoms with van der Waals surface area (Å²) in [7, 11) is 3.35. The minimum absolute atomic E-state index is 0.190. The predicted octanol–water partition coefficient (Wildman–Crippen LogP) is 1.34. The molecule has 0 spiro atoms. The van der Waals surface area contributed by atoms with Crippen LogP contribution >= 0.6 is 0 Å². The molecule has 1 aliphatic rings. The number of benzene rings is 1. The highest BCUT2D eigenvalue weighted by atomic mass is 16.5. The Morgan fingerprint density at radius 1 is 1.11 bits per heavy atom. The van der Waals surface area contributed by atoms with E-state index in [0.717, 1.165) is 50.6 Å². The van der Waals surface area contributed by atoms with Gasteiger partial charge in [0.1, 0.15) is 11.3 Å². The molecule has 1 N–H and O–H groups in total. The van der Waals surface area contributed by atoms with Crippen LogP contribution in [0.3, 0.4) is 0 Å². The monoisotopic (exact) mass is 384 g/mol. The molecule has 2 aromatic rings. The van der Waals surface area contributed by atoms with Crippen LogP contribution in [0, 0.1) is 0 Å². The molecule has 1 aromatic heterocycles. The van der Waals surface area contributed by atoms with E-state index in [1.807, 2.05) is 18.2 Å². The van der Waals surface area contributed by atoms with Gasteiger partial charge in [-0.3, -0.25) is 14.5 Å². The first-order valence-electron chi connectivity index (χ1n) is 9.64. The van der Waals surface area contributed by atoms with Gasteiger partial charge in [0.05, 0.1) is 12.8 Å². The summed E-state index contributed by atoms with van der Waals surface area (Å²) in [5, 5.41) is 2.85. The number of carbonyl (C=O) groups is 1. The number of methoxy groups -OCH3 is 1. The lowest BCUT2D eigenvalue weighted by molar-refractivity contribution is 0.0949. The van der Waals surface area contributed by atoms with E-state index in [4.69, 9.17) is 4.74 Å². The van der Waals surface area contributed by atoms with Crippen molar-refractivity contribution in [1.29, 1.82) is 0 Å². The van der Waals surface area contributed by atoms with Gasteiger partial charge in [-0.2, -0.15) is 0 Å². The molecule has 0 radical (unpaired) electrons. The van der Waals surface area contributed by atoms with E-state index in [1.54, 1.807) is 32.5 Å². The number of carbonyl (C=O) groups excluding carboxylic acids is 1. The number of pyridine rings is 1. The van der Waals surface area contributed by atoms with Crippen LogP contribution in [0.2, 0.25) is 0 Å². The number of para-hydroxylation sites is 2. The van der Waals surface area contributed by atoms with Gasteiger partial charge in [-0.05, 0) is 37.2 Å². The van der Waals surface area contributed by atoms with Crippen LogP contribution < -0.4 is 20.5 Å². The molecule has 7 nitrogen and oxygen atoms in total. The molecule has 1 aliphatic heterocycles. The van der Waals surface area contributed by atoms with Gasteiger partial charge in [0.25, 0.3) is 11.5 Å². The minimum Gasteiger partial charge on any atom is -0.495 e. The Labute approximate surface area is 165 Å². The first-order valence-corrected chi connectivity index (χ1v) is 9.64. The second-order valence-electron chi connectivity index (χ2n) is 6.95. The second kappa shape index (κ2) is 9.41. The van der Waals surface area contributed by atoms with Crippen LogP contribution in [0.25, 0.3) is 0 Å². The fourth-order valence-electron chi connectivity index (χ4n) is 3.47. The number of anilines is 1. The number of piperazine rings is 1. The molecule has 3 rings (SSSR count). The molecule has 0 saturated carbocycles. The fourth-order valence-corrected chi connectivity index (χ4v) is 3.47. The summed E-state index contributed by atoms with van der Waals surface area (Å²) >= 11 is 0. The molecular weight excluding hydrogens is 356 g/mol. The quantitative estimate of drug-likeness (QED) is 0.730. The molecule has 2 heterocycles. The summed E-state index contributed by atoms with van der Waals surface area (Å²) in [6, 6.07) is 11.4. The molecule has 0 atom stereocenters. The predicted molar refractivity (Wildman–Crippen MR) is 110 cm³/mol. The molecule has 150 valence electrons. The highest BCUT2D eigenvalue weighted by molar-refractivity contribution is 5.93. The molecule has 0 aliphatic carbocycles. The van der Waals surface area contributed by atoms with Crippen molar-refractivity contribution in [3.05, 3.63) is 58.5 Å². The van der Waals surface area contributed by atoms with Crippen molar-refractivity contribution in [2.75, 3.05) is 51.3 Å². The average molecular weight is 384 g/mol. The standard InChI is InChI=1S/C21H28N4O3/c1-23-11-5-7-17(21(23)27)20(26)22-10-6-12-24-13-15-25(16-14-24)18-8-3-4-9-19(18)28-2/h3-5,7-9,11H,6,10,12-16H2,1-2H3,(H,22,26). The summed E-state index contributed by atoms with van der Waals surface area (Å²) in [6.07, 6.45) is 2.50. The van der Waals surface area contributed by atoms with Crippen molar-refractivity contribution in [2.24, 2.45) is 7.05 Å². The number of aryl methyl sites for hydroxylation is 1. The number of amides is 1. The van der Waals surface area contributed by atoms with Gasteiger partial charge in [-0.15, -0.1) is 0 Å². The van der Waals surface area contributed by atoms with Crippen LogP contribution in [0.4, 0.5) is 5.69 Å². The summed E-state index contributed by atoms with van der Waals surface area (Å²) in [6.45, 7) is 5.34. The Morgan fingerprint density at radius 2 is 1.86 bits per heavy atom. The van der Waals surface area contributed by atoms with E-state index in [9.17, 15) is 9.59 Å². The maximum absolute atomic E-state index is 12.2. The van der Waals surface area contributed by atoms with Crippen LogP contribution in [0.1, 0.15) is 16.8 Å². The third-order valence-electron chi connectivity index (χ3n) is 5.10. The third kappa shape index (κ3) is 4.72. The zero-order valence-corrected chi connectivity index (χ0v) is 16.6. The Balaban J connectivity index is 1.41. The zero-order valence-electron chi connectivity index (χ0n) is 16.6. The van der Waals surface area contributed by atoms with Gasteiger partial charge in [0.15, 0.2) is 0 Å². The van der Waals surface area contributed by atoms with Crippen molar-refractivity contribution >= 4 is 11.6 Å². The van der Waals surface area contributed by atoms with E-state index in [0.29, 0.717) is 6.54 Å². The van der Waals surface area contributed by atoms with E-state index in [-0.39, 0.29) is 17.0 Å². The van der Waals surface area contributed by atoms with Crippen molar-refractivity contribution in [1.82, 2.24) is 14.8 Å². The third-order valence-corrected chi connectivity index (χ3v) is 5.10. The van der Waals surface area contributed by atoms with Gasteiger partial charge in [-0.25, -0.2) is 0 Å². The Hall–Kier alpha value is -2.80. The van der Waals surface area contributed by atoms with Crippen LogP contribution in [0.15, 0.2) is 47.4 Å². The van der Waals surface area contributed by atoms with Crippen molar-refractivity contribution < 1.29 is 9.53 Å². The zero-order chi connectivity index (χ0) is 19.9. The first kappa shape index (κ1) is 19.9. The summed E-state index contributed by atoms with van der Waals surface area (Å²) in [5.41, 5.74) is 1.06. The minimum atomic E-state index is -0.304. The normalized spacial score (nSPS) is 14.7. The van der Waals surface area contributed by atoms with Crippen molar-refractivity contribution in [3.63, 3.8) is 0 Å². The summed E-state index contributed by atoms with van der Waals surface area (Å²) < 4.78 is 6.87. The number of ether oxygens (including phenoxy) is 1. The Kier molecular flexibility index (Phi) is 6.71. The number of aromatic nitrogens is 1. The molecule has 28 heavy (non-hydrogen) atoms. The molecule has 1 fully saturated rings. The highest BCUT2D eigenvalue weighted by Crippen LogP contribution is 2.28. The van der Waals surface area contributed by atoms with Crippen molar-refractivity contribution in [2.45, 2.75) is 6.42 Å². The lowest BCUT2D eigenvalue weighted by Crippen LogP contribution is -2.47.